The number of aryl methyl sites for hydroxylation is 1. The minimum Gasteiger partial charge on any atom is -0.381 e. The van der Waals surface area contributed by atoms with Crippen LogP contribution in [-0.2, 0) is 11.2 Å². The van der Waals surface area contributed by atoms with Crippen molar-refractivity contribution in [1.82, 2.24) is 10.2 Å². The van der Waals surface area contributed by atoms with Gasteiger partial charge in [-0.15, -0.1) is 11.3 Å². The van der Waals surface area contributed by atoms with Crippen molar-refractivity contribution in [1.29, 1.82) is 0 Å². The van der Waals surface area contributed by atoms with Gasteiger partial charge in [-0.05, 0) is 44.2 Å². The van der Waals surface area contributed by atoms with Crippen molar-refractivity contribution in [2.24, 2.45) is 5.41 Å². The van der Waals surface area contributed by atoms with E-state index in [0.29, 0.717) is 0 Å². The van der Waals surface area contributed by atoms with Gasteiger partial charge in [-0.25, -0.2) is 4.79 Å². The molecule has 0 saturated carbocycles. The van der Waals surface area contributed by atoms with E-state index >= 15 is 0 Å². The molecule has 4 nitrogen and oxygen atoms in total. The number of carbonyl (C=O) groups is 1. The maximum atomic E-state index is 12.2. The molecule has 1 aromatic rings. The van der Waals surface area contributed by atoms with Crippen LogP contribution in [0.3, 0.4) is 0 Å². The number of halogens is 1. The summed E-state index contributed by atoms with van der Waals surface area (Å²) in [6.07, 6.45) is 5.30. The third-order valence-corrected chi connectivity index (χ3v) is 5.96. The number of urea groups is 1. The SMILES string of the molecule is O=C(NCCCCc1ccc(Cl)s1)N1CCC2(CCOC2)C1. The van der Waals surface area contributed by atoms with E-state index in [1.54, 1.807) is 11.3 Å². The van der Waals surface area contributed by atoms with E-state index < -0.39 is 0 Å². The highest BCUT2D eigenvalue weighted by molar-refractivity contribution is 7.16. The van der Waals surface area contributed by atoms with Crippen LogP contribution >= 0.6 is 22.9 Å². The molecule has 2 aliphatic heterocycles. The monoisotopic (exact) mass is 342 g/mol. The molecule has 6 heteroatoms. The number of amides is 2. The standard InChI is InChI=1S/C16H23ClN2O2S/c17-14-5-4-13(22-14)3-1-2-8-18-15(20)19-9-6-16(11-19)7-10-21-12-16/h4-5H,1-3,6-12H2,(H,18,20). The summed E-state index contributed by atoms with van der Waals surface area (Å²) in [6.45, 7) is 4.13. The van der Waals surface area contributed by atoms with Crippen LogP contribution in [0.5, 0.6) is 0 Å². The lowest BCUT2D eigenvalue weighted by Gasteiger charge is -2.22. The first-order valence-electron chi connectivity index (χ1n) is 8.02. The lowest BCUT2D eigenvalue weighted by atomic mass is 9.87. The number of nitrogens with one attached hydrogen (secondary N) is 1. The lowest BCUT2D eigenvalue weighted by Crippen LogP contribution is -2.40. The van der Waals surface area contributed by atoms with Gasteiger partial charge in [-0.1, -0.05) is 11.6 Å². The highest BCUT2D eigenvalue weighted by Crippen LogP contribution is 2.38. The number of unbranched alkanes of at least 4 members (excludes halogenated alkanes) is 1. The van der Waals surface area contributed by atoms with Crippen molar-refractivity contribution in [2.45, 2.75) is 32.1 Å². The molecule has 3 rings (SSSR count). The average molecular weight is 343 g/mol. The van der Waals surface area contributed by atoms with Gasteiger partial charge in [0.2, 0.25) is 0 Å². The molecule has 22 heavy (non-hydrogen) atoms. The van der Waals surface area contributed by atoms with Gasteiger partial charge in [-0.2, -0.15) is 0 Å². The Hall–Kier alpha value is -0.780. The number of ether oxygens (including phenoxy) is 1. The van der Waals surface area contributed by atoms with Crippen LogP contribution in [0.1, 0.15) is 30.6 Å². The molecular formula is C16H23ClN2O2S. The molecular weight excluding hydrogens is 320 g/mol. The summed E-state index contributed by atoms with van der Waals surface area (Å²) in [5.41, 5.74) is 0.246. The summed E-state index contributed by atoms with van der Waals surface area (Å²) in [7, 11) is 0. The van der Waals surface area contributed by atoms with E-state index in [-0.39, 0.29) is 11.4 Å². The van der Waals surface area contributed by atoms with E-state index in [2.05, 4.69) is 11.4 Å². The fourth-order valence-corrected chi connectivity index (χ4v) is 4.43. The first kappa shape index (κ1) is 16.1. The molecule has 1 unspecified atom stereocenters. The second-order valence-electron chi connectivity index (χ2n) is 6.37. The van der Waals surface area contributed by atoms with Crippen molar-refractivity contribution < 1.29 is 9.53 Å². The third-order valence-electron chi connectivity index (χ3n) is 4.67. The molecule has 2 saturated heterocycles. The summed E-state index contributed by atoms with van der Waals surface area (Å²) >= 11 is 7.55. The van der Waals surface area contributed by atoms with Crippen molar-refractivity contribution in [3.8, 4) is 0 Å². The molecule has 0 bridgehead atoms. The highest BCUT2D eigenvalue weighted by Gasteiger charge is 2.42. The van der Waals surface area contributed by atoms with Gasteiger partial charge < -0.3 is 15.0 Å². The highest BCUT2D eigenvalue weighted by atomic mass is 35.5. The van der Waals surface area contributed by atoms with Crippen LogP contribution in [0.25, 0.3) is 0 Å². The Kier molecular flexibility index (Phi) is 5.26. The van der Waals surface area contributed by atoms with Gasteiger partial charge in [0, 0.05) is 36.5 Å². The summed E-state index contributed by atoms with van der Waals surface area (Å²) in [5, 5.41) is 3.05. The Balaban J connectivity index is 1.31. The van der Waals surface area contributed by atoms with Crippen LogP contribution in [0.4, 0.5) is 4.79 Å². The maximum absolute atomic E-state index is 12.2. The lowest BCUT2D eigenvalue weighted by molar-refractivity contribution is 0.152. The smallest absolute Gasteiger partial charge is 0.317 e. The molecule has 2 aliphatic rings. The molecule has 1 spiro atoms. The van der Waals surface area contributed by atoms with Crippen LogP contribution in [0, 0.1) is 5.41 Å². The number of hydrogen-bond acceptors (Lipinski definition) is 3. The zero-order valence-corrected chi connectivity index (χ0v) is 14.3. The largest absolute Gasteiger partial charge is 0.381 e. The van der Waals surface area contributed by atoms with Crippen LogP contribution in [0.2, 0.25) is 4.34 Å². The Labute approximate surface area is 140 Å². The molecule has 3 heterocycles. The minimum atomic E-state index is 0.0861. The van der Waals surface area contributed by atoms with E-state index in [1.807, 2.05) is 11.0 Å². The molecule has 1 aromatic heterocycles. The summed E-state index contributed by atoms with van der Waals surface area (Å²) < 4.78 is 6.35. The molecule has 0 aliphatic carbocycles. The molecule has 122 valence electrons. The van der Waals surface area contributed by atoms with Gasteiger partial charge in [0.15, 0.2) is 0 Å². The van der Waals surface area contributed by atoms with Crippen molar-refractivity contribution in [2.75, 3.05) is 32.8 Å². The summed E-state index contributed by atoms with van der Waals surface area (Å²) in [4.78, 5) is 15.5. The zero-order valence-electron chi connectivity index (χ0n) is 12.8. The Morgan fingerprint density at radius 3 is 3.05 bits per heavy atom. The fraction of sp³-hybridized carbons (Fsp3) is 0.688. The topological polar surface area (TPSA) is 41.6 Å². The van der Waals surface area contributed by atoms with Crippen molar-refractivity contribution >= 4 is 29.0 Å². The van der Waals surface area contributed by atoms with E-state index in [4.69, 9.17) is 16.3 Å². The minimum absolute atomic E-state index is 0.0861. The first-order valence-corrected chi connectivity index (χ1v) is 9.21. The van der Waals surface area contributed by atoms with Crippen LogP contribution in [0.15, 0.2) is 12.1 Å². The normalized spacial score (nSPS) is 24.3. The van der Waals surface area contributed by atoms with E-state index in [1.165, 1.54) is 4.88 Å². The fourth-order valence-electron chi connectivity index (χ4n) is 3.30. The molecule has 2 fully saturated rings. The summed E-state index contributed by atoms with van der Waals surface area (Å²) in [6, 6.07) is 4.11. The zero-order chi connectivity index (χ0) is 15.4. The van der Waals surface area contributed by atoms with Gasteiger partial charge >= 0.3 is 6.03 Å². The van der Waals surface area contributed by atoms with Gasteiger partial charge in [0.25, 0.3) is 0 Å². The van der Waals surface area contributed by atoms with Gasteiger partial charge in [-0.3, -0.25) is 0 Å². The number of thiophene rings is 1. The average Bonchev–Trinajstić information content (AvgIpc) is 3.22. The molecule has 1 atom stereocenters. The number of hydrogen-bond donors (Lipinski definition) is 1. The molecule has 1 N–H and O–H groups in total. The van der Waals surface area contributed by atoms with Gasteiger partial charge in [0.1, 0.15) is 0 Å². The van der Waals surface area contributed by atoms with E-state index in [9.17, 15) is 4.79 Å². The van der Waals surface area contributed by atoms with Crippen LogP contribution < -0.4 is 5.32 Å². The molecule has 0 radical (unpaired) electrons. The third kappa shape index (κ3) is 3.94. The van der Waals surface area contributed by atoms with Crippen LogP contribution in [-0.4, -0.2) is 43.8 Å². The maximum Gasteiger partial charge on any atom is 0.317 e. The number of carbonyl (C=O) groups excluding carboxylic acids is 1. The quantitative estimate of drug-likeness (QED) is 0.831. The predicted octanol–water partition coefficient (Wildman–Crippen LogP) is 3.55. The number of rotatable bonds is 5. The second kappa shape index (κ2) is 7.20. The predicted molar refractivity (Wildman–Crippen MR) is 89.7 cm³/mol. The molecule has 2 amide bonds. The number of likely N-dealkylation sites (tertiary alicyclic amines) is 1. The van der Waals surface area contributed by atoms with Crippen molar-refractivity contribution in [3.63, 3.8) is 0 Å². The van der Waals surface area contributed by atoms with E-state index in [0.717, 1.165) is 69.3 Å². The summed E-state index contributed by atoms with van der Waals surface area (Å²) in [5.74, 6) is 0. The first-order chi connectivity index (χ1) is 10.7. The Morgan fingerprint density at radius 2 is 2.32 bits per heavy atom. The number of nitrogens with zero attached hydrogens (tertiary/aromatic N) is 1. The Bertz CT molecular complexity index is 514. The van der Waals surface area contributed by atoms with Crippen molar-refractivity contribution in [3.05, 3.63) is 21.3 Å². The Morgan fingerprint density at radius 1 is 1.41 bits per heavy atom. The van der Waals surface area contributed by atoms with Gasteiger partial charge in [0.05, 0.1) is 10.9 Å². The second-order valence-corrected chi connectivity index (χ2v) is 8.17. The molecule has 0 aromatic carbocycles.